The molecular formula is C20H21N. The Morgan fingerprint density at radius 2 is 1.48 bits per heavy atom. The lowest BCUT2D eigenvalue weighted by atomic mass is 10.0. The van der Waals surface area contributed by atoms with E-state index in [1.165, 1.54) is 21.9 Å². The van der Waals surface area contributed by atoms with Gasteiger partial charge in [-0.1, -0.05) is 72.8 Å². The summed E-state index contributed by atoms with van der Waals surface area (Å²) < 4.78 is 0. The fourth-order valence-electron chi connectivity index (χ4n) is 2.68. The zero-order valence-electron chi connectivity index (χ0n) is 12.4. The van der Waals surface area contributed by atoms with Crippen molar-refractivity contribution in [2.45, 2.75) is 25.9 Å². The Hall–Kier alpha value is -2.12. The van der Waals surface area contributed by atoms with Crippen LogP contribution in [0.3, 0.4) is 0 Å². The molecule has 3 rings (SSSR count). The van der Waals surface area contributed by atoms with Gasteiger partial charge in [0.1, 0.15) is 0 Å². The second-order valence-electron chi connectivity index (χ2n) is 5.65. The molecule has 0 radical (unpaired) electrons. The van der Waals surface area contributed by atoms with Crippen LogP contribution in [0.4, 0.5) is 0 Å². The molecule has 0 aliphatic rings. The van der Waals surface area contributed by atoms with Gasteiger partial charge in [-0.2, -0.15) is 0 Å². The first-order valence-corrected chi connectivity index (χ1v) is 7.56. The lowest BCUT2D eigenvalue weighted by molar-refractivity contribution is 0.545. The summed E-state index contributed by atoms with van der Waals surface area (Å²) in [5, 5.41) is 6.23. The topological polar surface area (TPSA) is 12.0 Å². The summed E-state index contributed by atoms with van der Waals surface area (Å²) in [6.07, 6.45) is 1.05. The summed E-state index contributed by atoms with van der Waals surface area (Å²) in [7, 11) is 0. The van der Waals surface area contributed by atoms with Gasteiger partial charge in [0.15, 0.2) is 0 Å². The maximum Gasteiger partial charge on any atom is 0.0208 e. The van der Waals surface area contributed by atoms with Crippen molar-refractivity contribution in [1.29, 1.82) is 0 Å². The van der Waals surface area contributed by atoms with E-state index >= 15 is 0 Å². The third-order valence-corrected chi connectivity index (χ3v) is 3.85. The Bertz CT molecular complexity index is 703. The van der Waals surface area contributed by atoms with Crippen LogP contribution < -0.4 is 5.32 Å². The van der Waals surface area contributed by atoms with Crippen molar-refractivity contribution in [2.24, 2.45) is 0 Å². The Labute approximate surface area is 126 Å². The van der Waals surface area contributed by atoms with E-state index < -0.39 is 0 Å². The molecule has 3 aromatic carbocycles. The molecule has 1 N–H and O–H groups in total. The summed E-state index contributed by atoms with van der Waals surface area (Å²) in [6, 6.07) is 26.3. The van der Waals surface area contributed by atoms with Crippen LogP contribution in [0, 0.1) is 0 Å². The van der Waals surface area contributed by atoms with E-state index in [1.54, 1.807) is 0 Å². The molecule has 1 nitrogen and oxygen atoms in total. The largest absolute Gasteiger partial charge is 0.310 e. The highest BCUT2D eigenvalue weighted by Gasteiger charge is 2.04. The van der Waals surface area contributed by atoms with Crippen LogP contribution in [-0.2, 0) is 13.0 Å². The van der Waals surface area contributed by atoms with Crippen molar-refractivity contribution < 1.29 is 0 Å². The average Bonchev–Trinajstić information content (AvgIpc) is 2.54. The molecule has 0 fully saturated rings. The van der Waals surface area contributed by atoms with Gasteiger partial charge in [-0.05, 0) is 35.2 Å². The van der Waals surface area contributed by atoms with E-state index in [-0.39, 0.29) is 0 Å². The quantitative estimate of drug-likeness (QED) is 0.719. The molecule has 0 saturated heterocycles. The highest BCUT2D eigenvalue weighted by atomic mass is 14.9. The predicted octanol–water partition coefficient (Wildman–Crippen LogP) is 4.56. The van der Waals surface area contributed by atoms with E-state index in [2.05, 4.69) is 85.0 Å². The molecule has 0 bridgehead atoms. The van der Waals surface area contributed by atoms with Crippen molar-refractivity contribution in [1.82, 2.24) is 5.32 Å². The number of rotatable bonds is 5. The molecule has 1 atom stereocenters. The molecule has 0 saturated carbocycles. The number of benzene rings is 3. The van der Waals surface area contributed by atoms with E-state index in [0.29, 0.717) is 6.04 Å². The molecule has 0 aliphatic heterocycles. The highest BCUT2D eigenvalue weighted by Crippen LogP contribution is 2.16. The Morgan fingerprint density at radius 1 is 0.762 bits per heavy atom. The highest BCUT2D eigenvalue weighted by molar-refractivity contribution is 5.82. The van der Waals surface area contributed by atoms with Gasteiger partial charge >= 0.3 is 0 Å². The molecule has 0 heterocycles. The first-order chi connectivity index (χ1) is 10.3. The summed E-state index contributed by atoms with van der Waals surface area (Å²) in [4.78, 5) is 0. The zero-order valence-corrected chi connectivity index (χ0v) is 12.4. The fourth-order valence-corrected chi connectivity index (χ4v) is 2.68. The third kappa shape index (κ3) is 3.71. The van der Waals surface area contributed by atoms with Crippen molar-refractivity contribution in [3.63, 3.8) is 0 Å². The molecule has 0 aliphatic carbocycles. The molecule has 0 aromatic heterocycles. The van der Waals surface area contributed by atoms with Gasteiger partial charge in [0.05, 0.1) is 0 Å². The molecule has 0 unspecified atom stereocenters. The number of fused-ring (bicyclic) bond motifs is 1. The second-order valence-corrected chi connectivity index (χ2v) is 5.65. The van der Waals surface area contributed by atoms with Crippen LogP contribution in [0.5, 0.6) is 0 Å². The lowest BCUT2D eigenvalue weighted by Gasteiger charge is -2.14. The summed E-state index contributed by atoms with van der Waals surface area (Å²) in [5.74, 6) is 0. The Kier molecular flexibility index (Phi) is 4.32. The summed E-state index contributed by atoms with van der Waals surface area (Å²) in [6.45, 7) is 3.17. The van der Waals surface area contributed by atoms with Gasteiger partial charge in [-0.3, -0.25) is 0 Å². The van der Waals surface area contributed by atoms with Crippen LogP contribution in [-0.4, -0.2) is 6.04 Å². The number of nitrogens with one attached hydrogen (secondary N) is 1. The first kappa shape index (κ1) is 13.8. The monoisotopic (exact) mass is 275 g/mol. The zero-order chi connectivity index (χ0) is 14.5. The Balaban J connectivity index is 1.62. The first-order valence-electron chi connectivity index (χ1n) is 7.56. The van der Waals surface area contributed by atoms with Gasteiger partial charge in [-0.25, -0.2) is 0 Å². The molecule has 0 spiro atoms. The van der Waals surface area contributed by atoms with Gasteiger partial charge in [0.2, 0.25) is 0 Å². The van der Waals surface area contributed by atoms with Gasteiger partial charge < -0.3 is 5.32 Å². The SMILES string of the molecule is C[C@@H](Cc1ccc2ccccc2c1)NCc1ccccc1. The summed E-state index contributed by atoms with van der Waals surface area (Å²) >= 11 is 0. The predicted molar refractivity (Wildman–Crippen MR) is 90.4 cm³/mol. The molecule has 21 heavy (non-hydrogen) atoms. The number of hydrogen-bond acceptors (Lipinski definition) is 1. The molecular weight excluding hydrogens is 254 g/mol. The molecule has 1 heteroatoms. The van der Waals surface area contributed by atoms with E-state index in [9.17, 15) is 0 Å². The second kappa shape index (κ2) is 6.55. The number of hydrogen-bond donors (Lipinski definition) is 1. The summed E-state index contributed by atoms with van der Waals surface area (Å²) in [5.41, 5.74) is 2.73. The minimum absolute atomic E-state index is 0.464. The minimum atomic E-state index is 0.464. The van der Waals surface area contributed by atoms with E-state index in [1.807, 2.05) is 0 Å². The molecule has 3 aromatic rings. The smallest absolute Gasteiger partial charge is 0.0208 e. The van der Waals surface area contributed by atoms with Crippen molar-refractivity contribution in [3.8, 4) is 0 Å². The standard InChI is InChI=1S/C20H21N/c1-16(21-15-17-7-3-2-4-8-17)13-18-11-12-19-9-5-6-10-20(19)14-18/h2-12,14,16,21H,13,15H2,1H3/t16-/m0/s1. The normalized spacial score (nSPS) is 12.4. The van der Waals surface area contributed by atoms with Gasteiger partial charge in [0.25, 0.3) is 0 Å². The fraction of sp³-hybridized carbons (Fsp3) is 0.200. The van der Waals surface area contributed by atoms with Crippen molar-refractivity contribution in [3.05, 3.63) is 83.9 Å². The minimum Gasteiger partial charge on any atom is -0.310 e. The average molecular weight is 275 g/mol. The van der Waals surface area contributed by atoms with E-state index in [0.717, 1.165) is 13.0 Å². The van der Waals surface area contributed by atoms with Crippen molar-refractivity contribution >= 4 is 10.8 Å². The van der Waals surface area contributed by atoms with Crippen molar-refractivity contribution in [2.75, 3.05) is 0 Å². The Morgan fingerprint density at radius 3 is 2.29 bits per heavy atom. The molecule has 106 valence electrons. The van der Waals surface area contributed by atoms with Crippen LogP contribution in [0.1, 0.15) is 18.1 Å². The van der Waals surface area contributed by atoms with Gasteiger partial charge in [0, 0.05) is 12.6 Å². The third-order valence-electron chi connectivity index (χ3n) is 3.85. The van der Waals surface area contributed by atoms with Crippen LogP contribution >= 0.6 is 0 Å². The molecule has 0 amide bonds. The van der Waals surface area contributed by atoms with Crippen LogP contribution in [0.25, 0.3) is 10.8 Å². The maximum atomic E-state index is 3.60. The maximum absolute atomic E-state index is 3.60. The van der Waals surface area contributed by atoms with E-state index in [4.69, 9.17) is 0 Å². The van der Waals surface area contributed by atoms with Crippen LogP contribution in [0.15, 0.2) is 72.8 Å². The van der Waals surface area contributed by atoms with Gasteiger partial charge in [-0.15, -0.1) is 0 Å². The lowest BCUT2D eigenvalue weighted by Crippen LogP contribution is -2.27. The van der Waals surface area contributed by atoms with Crippen LogP contribution in [0.2, 0.25) is 0 Å².